The number of carbonyl (C=O) groups is 2. The van der Waals surface area contributed by atoms with E-state index in [9.17, 15) is 9.59 Å². The molecule has 0 saturated carbocycles. The number of aromatic nitrogens is 6. The minimum atomic E-state index is -0.616. The van der Waals surface area contributed by atoms with Gasteiger partial charge in [-0.3, -0.25) is 9.69 Å². The highest BCUT2D eigenvalue weighted by Crippen LogP contribution is 2.28. The number of aromatic amines is 1. The number of nitrogens with zero attached hydrogens (tertiary/aromatic N) is 8. The zero-order chi connectivity index (χ0) is 31.2. The van der Waals surface area contributed by atoms with Gasteiger partial charge >= 0.3 is 6.09 Å². The van der Waals surface area contributed by atoms with Gasteiger partial charge in [-0.15, -0.1) is 0 Å². The Morgan fingerprint density at radius 1 is 1.07 bits per heavy atom. The van der Waals surface area contributed by atoms with Gasteiger partial charge < -0.3 is 29.4 Å². The Hall–Kier alpha value is -3.84. The molecule has 13 nitrogen and oxygen atoms in total. The van der Waals surface area contributed by atoms with Crippen LogP contribution >= 0.6 is 23.2 Å². The quantitative estimate of drug-likeness (QED) is 0.307. The average molecular weight is 644 g/mol. The summed E-state index contributed by atoms with van der Waals surface area (Å²) in [7, 11) is 0. The van der Waals surface area contributed by atoms with E-state index in [0.717, 1.165) is 23.1 Å². The first-order valence-corrected chi connectivity index (χ1v) is 15.6. The molecule has 2 N–H and O–H groups in total. The van der Waals surface area contributed by atoms with E-state index in [1.165, 1.54) is 0 Å². The van der Waals surface area contributed by atoms with Gasteiger partial charge in [-0.05, 0) is 52.7 Å². The van der Waals surface area contributed by atoms with Crippen LogP contribution < -0.4 is 10.2 Å². The number of carbonyl (C=O) groups excluding carboxylic acids is 2. The zero-order valence-electron chi connectivity index (χ0n) is 25.2. The van der Waals surface area contributed by atoms with Crippen LogP contribution in [0.25, 0.3) is 22.2 Å². The minimum absolute atomic E-state index is 0.0378. The van der Waals surface area contributed by atoms with E-state index in [1.54, 1.807) is 23.4 Å². The summed E-state index contributed by atoms with van der Waals surface area (Å²) >= 11 is 12.3. The van der Waals surface area contributed by atoms with Gasteiger partial charge in [-0.2, -0.15) is 9.97 Å². The number of nitrogens with one attached hydrogen (secondary N) is 2. The average Bonchev–Trinajstić information content (AvgIpc) is 3.73. The number of H-pyrrole nitrogens is 1. The Kier molecular flexibility index (Phi) is 8.18. The van der Waals surface area contributed by atoms with Crippen LogP contribution in [0.1, 0.15) is 46.4 Å². The van der Waals surface area contributed by atoms with Gasteiger partial charge in [0.1, 0.15) is 17.5 Å². The first-order valence-electron chi connectivity index (χ1n) is 14.8. The van der Waals surface area contributed by atoms with Gasteiger partial charge in [-0.1, -0.05) is 23.2 Å². The number of aryl methyl sites for hydroxylation is 1. The number of fused-ring (bicyclic) bond motifs is 2. The number of amides is 2. The van der Waals surface area contributed by atoms with E-state index in [2.05, 4.69) is 25.2 Å². The molecule has 1 atom stereocenters. The summed E-state index contributed by atoms with van der Waals surface area (Å²) in [5, 5.41) is 4.28. The van der Waals surface area contributed by atoms with E-state index in [0.29, 0.717) is 85.4 Å². The molecule has 6 rings (SSSR count). The molecule has 4 aromatic rings. The van der Waals surface area contributed by atoms with E-state index >= 15 is 0 Å². The smallest absolute Gasteiger partial charge is 0.410 e. The van der Waals surface area contributed by atoms with Crippen molar-refractivity contribution in [3.63, 3.8) is 0 Å². The highest BCUT2D eigenvalue weighted by Gasteiger charge is 2.39. The number of piperazine rings is 1. The molecule has 1 aromatic carbocycles. The molecule has 44 heavy (non-hydrogen) atoms. The predicted molar refractivity (Wildman–Crippen MR) is 169 cm³/mol. The second-order valence-electron chi connectivity index (χ2n) is 12.0. The number of rotatable bonds is 6. The lowest BCUT2D eigenvalue weighted by atomic mass is 10.1. The number of anilines is 2. The third-order valence-corrected chi connectivity index (χ3v) is 8.55. The van der Waals surface area contributed by atoms with Crippen LogP contribution in [0, 0.1) is 0 Å². The van der Waals surface area contributed by atoms with E-state index in [1.807, 2.05) is 37.2 Å². The van der Waals surface area contributed by atoms with E-state index in [-0.39, 0.29) is 5.91 Å². The molecule has 15 heteroatoms. The van der Waals surface area contributed by atoms with Crippen molar-refractivity contribution < 1.29 is 14.3 Å². The van der Waals surface area contributed by atoms with Crippen molar-refractivity contribution in [3.05, 3.63) is 34.3 Å². The first-order chi connectivity index (χ1) is 21.0. The summed E-state index contributed by atoms with van der Waals surface area (Å²) in [5.41, 5.74) is 2.28. The standard InChI is InChI=1S/C29H36Cl2N10O3/c1-5-38-16-33-23-24(32-15-22-34-19-13-17(30)18(31)14-20(19)35-22)36-27(37-25(23)38)40-11-9-39(10-12-40)26(42)21-7-6-8-41(21)28(43)44-29(2,3)4/h13-14,16,21H,5-12,15H2,1-4H3,(H,34,35)(H,32,36,37)/t21-/m0/s1. The summed E-state index contributed by atoms with van der Waals surface area (Å²) in [6, 6.07) is 2.99. The summed E-state index contributed by atoms with van der Waals surface area (Å²) < 4.78 is 7.53. The Labute approximate surface area is 264 Å². The van der Waals surface area contributed by atoms with Crippen molar-refractivity contribution >= 4 is 69.2 Å². The number of benzene rings is 1. The fourth-order valence-electron chi connectivity index (χ4n) is 5.64. The van der Waals surface area contributed by atoms with Gasteiger partial charge in [-0.25, -0.2) is 14.8 Å². The van der Waals surface area contributed by atoms with Crippen molar-refractivity contribution in [2.45, 2.75) is 65.3 Å². The van der Waals surface area contributed by atoms with Gasteiger partial charge in [0.05, 0.1) is 34.0 Å². The maximum absolute atomic E-state index is 13.5. The Bertz CT molecular complexity index is 1670. The van der Waals surface area contributed by atoms with Crippen LogP contribution in [0.3, 0.4) is 0 Å². The lowest BCUT2D eigenvalue weighted by Crippen LogP contribution is -2.55. The molecule has 234 valence electrons. The van der Waals surface area contributed by atoms with Crippen molar-refractivity contribution in [2.24, 2.45) is 0 Å². The molecular weight excluding hydrogens is 607 g/mol. The maximum atomic E-state index is 13.5. The van der Waals surface area contributed by atoms with Crippen LogP contribution in [-0.4, -0.2) is 95.7 Å². The van der Waals surface area contributed by atoms with Crippen molar-refractivity contribution in [1.29, 1.82) is 0 Å². The van der Waals surface area contributed by atoms with Crippen LogP contribution in [0.5, 0.6) is 0 Å². The van der Waals surface area contributed by atoms with Gasteiger partial charge in [0.25, 0.3) is 0 Å². The number of hydrogen-bond donors (Lipinski definition) is 2. The second-order valence-corrected chi connectivity index (χ2v) is 12.9. The normalized spacial score (nSPS) is 17.6. The molecule has 0 bridgehead atoms. The molecule has 5 heterocycles. The number of likely N-dealkylation sites (tertiary alicyclic amines) is 1. The summed E-state index contributed by atoms with van der Waals surface area (Å²) in [6.45, 7) is 11.2. The Balaban J connectivity index is 1.16. The zero-order valence-corrected chi connectivity index (χ0v) is 26.7. The van der Waals surface area contributed by atoms with E-state index in [4.69, 9.17) is 37.9 Å². The molecule has 2 aliphatic heterocycles. The second kappa shape index (κ2) is 11.9. The van der Waals surface area contributed by atoms with Gasteiger partial charge in [0, 0.05) is 39.3 Å². The lowest BCUT2D eigenvalue weighted by Gasteiger charge is -2.37. The molecule has 3 aromatic heterocycles. The number of hydrogen-bond acceptors (Lipinski definition) is 9. The van der Waals surface area contributed by atoms with Crippen LogP contribution in [0.4, 0.5) is 16.6 Å². The van der Waals surface area contributed by atoms with Crippen molar-refractivity contribution in [2.75, 3.05) is 42.9 Å². The van der Waals surface area contributed by atoms with E-state index < -0.39 is 17.7 Å². The summed E-state index contributed by atoms with van der Waals surface area (Å²) in [4.78, 5) is 53.9. The molecule has 2 saturated heterocycles. The molecule has 0 aliphatic carbocycles. The molecule has 0 unspecified atom stereocenters. The summed E-state index contributed by atoms with van der Waals surface area (Å²) in [5.74, 6) is 1.80. The highest BCUT2D eigenvalue weighted by molar-refractivity contribution is 6.42. The SMILES string of the molecule is CCn1cnc2c(NCc3nc4cc(Cl)c(Cl)cc4[nH]3)nc(N3CCN(C(=O)[C@@H]4CCCN4C(=O)OC(C)(C)C)CC3)nc21. The van der Waals surface area contributed by atoms with Gasteiger partial charge in [0.15, 0.2) is 17.0 Å². The predicted octanol–water partition coefficient (Wildman–Crippen LogP) is 4.69. The molecule has 2 aliphatic rings. The Morgan fingerprint density at radius 2 is 1.82 bits per heavy atom. The van der Waals surface area contributed by atoms with Crippen molar-refractivity contribution in [3.8, 4) is 0 Å². The monoisotopic (exact) mass is 642 g/mol. The third-order valence-electron chi connectivity index (χ3n) is 7.83. The van der Waals surface area contributed by atoms with Crippen LogP contribution in [0.2, 0.25) is 10.0 Å². The maximum Gasteiger partial charge on any atom is 0.410 e. The fraction of sp³-hybridized carbons (Fsp3) is 0.517. The lowest BCUT2D eigenvalue weighted by molar-refractivity contribution is -0.136. The third kappa shape index (κ3) is 6.07. The topological polar surface area (TPSA) is 137 Å². The fourth-order valence-corrected chi connectivity index (χ4v) is 5.96. The molecular formula is C29H36Cl2N10O3. The summed E-state index contributed by atoms with van der Waals surface area (Å²) in [6.07, 6.45) is 2.74. The largest absolute Gasteiger partial charge is 0.444 e. The van der Waals surface area contributed by atoms with Crippen LogP contribution in [-0.2, 0) is 22.6 Å². The number of halogens is 2. The number of ether oxygens (including phenoxy) is 1. The highest BCUT2D eigenvalue weighted by atomic mass is 35.5. The Morgan fingerprint density at radius 3 is 2.55 bits per heavy atom. The number of imidazole rings is 2. The molecule has 0 radical (unpaired) electrons. The van der Waals surface area contributed by atoms with Gasteiger partial charge in [0.2, 0.25) is 11.9 Å². The first kappa shape index (κ1) is 30.2. The minimum Gasteiger partial charge on any atom is -0.444 e. The van der Waals surface area contributed by atoms with Crippen molar-refractivity contribution in [1.82, 2.24) is 39.3 Å². The molecule has 2 amide bonds. The van der Waals surface area contributed by atoms with Crippen LogP contribution in [0.15, 0.2) is 18.5 Å². The molecule has 2 fully saturated rings. The molecule has 0 spiro atoms.